The van der Waals surface area contributed by atoms with Crippen molar-refractivity contribution < 1.29 is 0 Å². The van der Waals surface area contributed by atoms with E-state index in [2.05, 4.69) is 29.4 Å². The first-order valence-corrected chi connectivity index (χ1v) is 6.53. The number of aromatic nitrogens is 1. The Kier molecular flexibility index (Phi) is 4.34. The number of hydrogen-bond acceptors (Lipinski definition) is 2. The molecular formula is C14H22N2. The topological polar surface area (TPSA) is 24.9 Å². The van der Waals surface area contributed by atoms with E-state index in [4.69, 9.17) is 0 Å². The lowest BCUT2D eigenvalue weighted by Crippen LogP contribution is -2.37. The Morgan fingerprint density at radius 3 is 2.94 bits per heavy atom. The second-order valence-corrected chi connectivity index (χ2v) is 4.76. The van der Waals surface area contributed by atoms with Gasteiger partial charge in [-0.25, -0.2) is 0 Å². The highest BCUT2D eigenvalue weighted by molar-refractivity contribution is 5.03. The third kappa shape index (κ3) is 3.05. The van der Waals surface area contributed by atoms with Gasteiger partial charge in [-0.05, 0) is 30.9 Å². The van der Waals surface area contributed by atoms with E-state index in [1.165, 1.54) is 32.1 Å². The van der Waals surface area contributed by atoms with Crippen LogP contribution in [0.3, 0.4) is 0 Å². The lowest BCUT2D eigenvalue weighted by molar-refractivity contribution is 0.254. The first-order valence-electron chi connectivity index (χ1n) is 6.53. The van der Waals surface area contributed by atoms with Gasteiger partial charge in [0.25, 0.3) is 0 Å². The van der Waals surface area contributed by atoms with E-state index < -0.39 is 0 Å². The maximum absolute atomic E-state index is 4.35. The van der Waals surface area contributed by atoms with Crippen LogP contribution < -0.4 is 5.32 Å². The molecule has 16 heavy (non-hydrogen) atoms. The van der Waals surface area contributed by atoms with Crippen molar-refractivity contribution in [1.29, 1.82) is 0 Å². The van der Waals surface area contributed by atoms with Gasteiger partial charge in [0.1, 0.15) is 0 Å². The predicted molar refractivity (Wildman–Crippen MR) is 67.1 cm³/mol. The van der Waals surface area contributed by atoms with Crippen molar-refractivity contribution >= 4 is 0 Å². The highest BCUT2D eigenvalue weighted by Crippen LogP contribution is 2.26. The molecule has 2 rings (SSSR count). The van der Waals surface area contributed by atoms with Crippen LogP contribution in [0.15, 0.2) is 24.4 Å². The van der Waals surface area contributed by atoms with Crippen LogP contribution >= 0.6 is 0 Å². The van der Waals surface area contributed by atoms with Crippen molar-refractivity contribution in [2.45, 2.75) is 51.6 Å². The Morgan fingerprint density at radius 1 is 1.31 bits per heavy atom. The summed E-state index contributed by atoms with van der Waals surface area (Å²) in [6, 6.07) is 6.83. The molecule has 2 heteroatoms. The van der Waals surface area contributed by atoms with Crippen molar-refractivity contribution in [1.82, 2.24) is 10.3 Å². The Morgan fingerprint density at radius 2 is 2.19 bits per heavy atom. The molecule has 0 aromatic carbocycles. The number of nitrogens with zero attached hydrogens (tertiary/aromatic N) is 1. The van der Waals surface area contributed by atoms with Crippen LogP contribution in [0.1, 0.15) is 44.7 Å². The highest BCUT2D eigenvalue weighted by Gasteiger charge is 2.22. The quantitative estimate of drug-likeness (QED) is 0.839. The number of hydrogen-bond donors (Lipinski definition) is 1. The van der Waals surface area contributed by atoms with Crippen LogP contribution in [0, 0.1) is 5.92 Å². The maximum atomic E-state index is 4.35. The van der Waals surface area contributed by atoms with E-state index in [0.717, 1.165) is 18.2 Å². The Hall–Kier alpha value is -0.890. The van der Waals surface area contributed by atoms with Gasteiger partial charge in [-0.1, -0.05) is 32.3 Å². The minimum absolute atomic E-state index is 0.709. The molecule has 1 N–H and O–H groups in total. The van der Waals surface area contributed by atoms with Crippen molar-refractivity contribution in [2.75, 3.05) is 0 Å². The van der Waals surface area contributed by atoms with Gasteiger partial charge in [-0.2, -0.15) is 0 Å². The molecule has 1 fully saturated rings. The Balaban J connectivity index is 1.84. The zero-order valence-electron chi connectivity index (χ0n) is 10.2. The molecule has 1 heterocycles. The zero-order chi connectivity index (χ0) is 11.2. The first kappa shape index (κ1) is 11.6. The Labute approximate surface area is 98.5 Å². The van der Waals surface area contributed by atoms with Crippen molar-refractivity contribution in [2.24, 2.45) is 5.92 Å². The fourth-order valence-electron chi connectivity index (χ4n) is 2.70. The smallest absolute Gasteiger partial charge is 0.0541 e. The molecule has 1 aliphatic rings. The van der Waals surface area contributed by atoms with E-state index in [9.17, 15) is 0 Å². The minimum atomic E-state index is 0.709. The molecule has 0 spiro atoms. The van der Waals surface area contributed by atoms with Crippen LogP contribution in [0.25, 0.3) is 0 Å². The maximum Gasteiger partial charge on any atom is 0.0541 e. The monoisotopic (exact) mass is 218 g/mol. The van der Waals surface area contributed by atoms with Gasteiger partial charge in [-0.3, -0.25) is 4.98 Å². The second kappa shape index (κ2) is 6.00. The van der Waals surface area contributed by atoms with E-state index in [-0.39, 0.29) is 0 Å². The summed E-state index contributed by atoms with van der Waals surface area (Å²) in [6.45, 7) is 3.23. The summed E-state index contributed by atoms with van der Waals surface area (Å²) >= 11 is 0. The summed E-state index contributed by atoms with van der Waals surface area (Å²) in [5.41, 5.74) is 1.16. The molecule has 1 aromatic rings. The van der Waals surface area contributed by atoms with Gasteiger partial charge in [0.05, 0.1) is 5.69 Å². The molecular weight excluding hydrogens is 196 g/mol. The average molecular weight is 218 g/mol. The summed E-state index contributed by atoms with van der Waals surface area (Å²) < 4.78 is 0. The second-order valence-electron chi connectivity index (χ2n) is 4.76. The van der Waals surface area contributed by atoms with Crippen LogP contribution in [0.4, 0.5) is 0 Å². The molecule has 0 radical (unpaired) electrons. The standard InChI is InChI=1S/C14H22N2/c1-2-12-7-3-4-9-14(12)16-11-13-8-5-6-10-15-13/h5-6,8,10,12,14,16H,2-4,7,9,11H2,1H3. The number of rotatable bonds is 4. The normalized spacial score (nSPS) is 25.6. The van der Waals surface area contributed by atoms with E-state index in [1.807, 2.05) is 12.3 Å². The van der Waals surface area contributed by atoms with E-state index in [1.54, 1.807) is 0 Å². The van der Waals surface area contributed by atoms with Crippen LogP contribution in [-0.2, 0) is 6.54 Å². The molecule has 0 amide bonds. The van der Waals surface area contributed by atoms with Gasteiger partial charge >= 0.3 is 0 Å². The first-order chi connectivity index (χ1) is 7.90. The van der Waals surface area contributed by atoms with Crippen molar-refractivity contribution in [3.8, 4) is 0 Å². The molecule has 2 unspecified atom stereocenters. The van der Waals surface area contributed by atoms with Gasteiger partial charge in [0.15, 0.2) is 0 Å². The largest absolute Gasteiger partial charge is 0.308 e. The summed E-state index contributed by atoms with van der Waals surface area (Å²) in [5.74, 6) is 0.873. The van der Waals surface area contributed by atoms with E-state index in [0.29, 0.717) is 6.04 Å². The average Bonchev–Trinajstić information content (AvgIpc) is 2.38. The highest BCUT2D eigenvalue weighted by atomic mass is 14.9. The van der Waals surface area contributed by atoms with Crippen LogP contribution in [-0.4, -0.2) is 11.0 Å². The third-order valence-electron chi connectivity index (χ3n) is 3.70. The predicted octanol–water partition coefficient (Wildman–Crippen LogP) is 3.14. The zero-order valence-corrected chi connectivity index (χ0v) is 10.2. The Bertz CT molecular complexity index is 297. The molecule has 0 aliphatic heterocycles. The van der Waals surface area contributed by atoms with Crippen molar-refractivity contribution in [3.05, 3.63) is 30.1 Å². The van der Waals surface area contributed by atoms with Gasteiger partial charge in [-0.15, -0.1) is 0 Å². The van der Waals surface area contributed by atoms with Crippen LogP contribution in [0.5, 0.6) is 0 Å². The molecule has 2 nitrogen and oxygen atoms in total. The number of pyridine rings is 1. The summed E-state index contributed by atoms with van der Waals surface area (Å²) in [4.78, 5) is 4.35. The lowest BCUT2D eigenvalue weighted by atomic mass is 9.83. The molecule has 0 bridgehead atoms. The summed E-state index contributed by atoms with van der Waals surface area (Å²) in [5, 5.41) is 3.68. The van der Waals surface area contributed by atoms with Crippen LogP contribution in [0.2, 0.25) is 0 Å². The fraction of sp³-hybridized carbons (Fsp3) is 0.643. The lowest BCUT2D eigenvalue weighted by Gasteiger charge is -2.31. The third-order valence-corrected chi connectivity index (χ3v) is 3.70. The van der Waals surface area contributed by atoms with Gasteiger partial charge < -0.3 is 5.32 Å². The van der Waals surface area contributed by atoms with Crippen molar-refractivity contribution in [3.63, 3.8) is 0 Å². The fourth-order valence-corrected chi connectivity index (χ4v) is 2.70. The SMILES string of the molecule is CCC1CCCCC1NCc1ccccn1. The molecule has 88 valence electrons. The molecule has 2 atom stereocenters. The van der Waals surface area contributed by atoms with Gasteiger partial charge in [0, 0.05) is 18.8 Å². The molecule has 1 aliphatic carbocycles. The molecule has 1 saturated carbocycles. The number of nitrogens with one attached hydrogen (secondary N) is 1. The molecule has 0 saturated heterocycles. The molecule has 1 aromatic heterocycles. The summed E-state index contributed by atoms with van der Waals surface area (Å²) in [7, 11) is 0. The summed E-state index contributed by atoms with van der Waals surface area (Å²) in [6.07, 6.45) is 8.72. The van der Waals surface area contributed by atoms with Gasteiger partial charge in [0.2, 0.25) is 0 Å². The van der Waals surface area contributed by atoms with E-state index >= 15 is 0 Å². The minimum Gasteiger partial charge on any atom is -0.308 e.